The van der Waals surface area contributed by atoms with Crippen LogP contribution in [0.1, 0.15) is 39.5 Å². The van der Waals surface area contributed by atoms with Crippen LogP contribution < -0.4 is 16.0 Å². The summed E-state index contributed by atoms with van der Waals surface area (Å²) in [6.45, 7) is 5.93. The smallest absolute Gasteiger partial charge is 0.239 e. The lowest BCUT2D eigenvalue weighted by Gasteiger charge is -2.12. The summed E-state index contributed by atoms with van der Waals surface area (Å²) in [5.41, 5.74) is 0. The van der Waals surface area contributed by atoms with E-state index in [0.717, 1.165) is 19.4 Å². The first-order chi connectivity index (χ1) is 8.58. The fourth-order valence-electron chi connectivity index (χ4n) is 1.92. The summed E-state index contributed by atoms with van der Waals surface area (Å²) in [5, 5.41) is 8.78. The van der Waals surface area contributed by atoms with E-state index in [1.54, 1.807) is 0 Å². The maximum absolute atomic E-state index is 11.5. The number of rotatable bonds is 7. The molecule has 1 heterocycles. The Balaban J connectivity index is 0.00000324. The zero-order valence-electron chi connectivity index (χ0n) is 11.8. The Morgan fingerprint density at radius 2 is 2.00 bits per heavy atom. The molecule has 112 valence electrons. The van der Waals surface area contributed by atoms with Crippen LogP contribution in [0.25, 0.3) is 0 Å². The second kappa shape index (κ2) is 10.0. The van der Waals surface area contributed by atoms with E-state index in [0.29, 0.717) is 24.9 Å². The van der Waals surface area contributed by atoms with E-state index in [-0.39, 0.29) is 30.8 Å². The van der Waals surface area contributed by atoms with Crippen molar-refractivity contribution in [2.24, 2.45) is 5.92 Å². The highest BCUT2D eigenvalue weighted by Crippen LogP contribution is 2.03. The molecular formula is C13H26ClN3O2. The zero-order valence-corrected chi connectivity index (χ0v) is 12.6. The maximum Gasteiger partial charge on any atom is 0.239 e. The third-order valence-electron chi connectivity index (χ3n) is 3.10. The summed E-state index contributed by atoms with van der Waals surface area (Å²) in [6, 6.07) is 0.394. The van der Waals surface area contributed by atoms with Crippen molar-refractivity contribution in [3.05, 3.63) is 0 Å². The van der Waals surface area contributed by atoms with Crippen molar-refractivity contribution < 1.29 is 9.59 Å². The molecule has 0 radical (unpaired) electrons. The minimum atomic E-state index is -0.110. The van der Waals surface area contributed by atoms with E-state index in [2.05, 4.69) is 29.8 Å². The fraction of sp³-hybridized carbons (Fsp3) is 0.846. The maximum atomic E-state index is 11.5. The van der Waals surface area contributed by atoms with Crippen molar-refractivity contribution in [1.82, 2.24) is 16.0 Å². The predicted molar refractivity (Wildman–Crippen MR) is 78.4 cm³/mol. The van der Waals surface area contributed by atoms with Crippen LogP contribution >= 0.6 is 12.4 Å². The summed E-state index contributed by atoms with van der Waals surface area (Å²) in [6.07, 6.45) is 3.64. The van der Waals surface area contributed by atoms with Crippen molar-refractivity contribution in [3.63, 3.8) is 0 Å². The number of amides is 2. The molecule has 1 rings (SSSR count). The molecule has 0 aromatic heterocycles. The van der Waals surface area contributed by atoms with Gasteiger partial charge in [0.2, 0.25) is 11.8 Å². The Kier molecular flexibility index (Phi) is 9.61. The van der Waals surface area contributed by atoms with Crippen molar-refractivity contribution in [2.45, 2.75) is 45.6 Å². The van der Waals surface area contributed by atoms with Crippen LogP contribution in [0.15, 0.2) is 0 Å². The number of carbonyl (C=O) groups is 2. The molecule has 1 atom stereocenters. The van der Waals surface area contributed by atoms with E-state index in [1.807, 2.05) is 0 Å². The summed E-state index contributed by atoms with van der Waals surface area (Å²) >= 11 is 0. The second-order valence-corrected chi connectivity index (χ2v) is 5.31. The molecule has 0 saturated carbocycles. The van der Waals surface area contributed by atoms with Gasteiger partial charge < -0.3 is 16.0 Å². The fourth-order valence-corrected chi connectivity index (χ4v) is 1.92. The number of carbonyl (C=O) groups excluding carboxylic acids is 2. The molecule has 1 aliphatic rings. The largest absolute Gasteiger partial charge is 0.353 e. The topological polar surface area (TPSA) is 70.2 Å². The summed E-state index contributed by atoms with van der Waals surface area (Å²) < 4.78 is 0. The minimum absolute atomic E-state index is 0. The molecule has 1 saturated heterocycles. The minimum Gasteiger partial charge on any atom is -0.353 e. The first-order valence-electron chi connectivity index (χ1n) is 6.84. The molecule has 0 aromatic carbocycles. The van der Waals surface area contributed by atoms with Crippen molar-refractivity contribution in [2.75, 3.05) is 19.6 Å². The third kappa shape index (κ3) is 8.83. The summed E-state index contributed by atoms with van der Waals surface area (Å²) in [4.78, 5) is 22.9. The number of hydrogen-bond acceptors (Lipinski definition) is 3. The molecular weight excluding hydrogens is 266 g/mol. The van der Waals surface area contributed by atoms with E-state index in [1.165, 1.54) is 6.42 Å². The normalized spacial score (nSPS) is 17.9. The third-order valence-corrected chi connectivity index (χ3v) is 3.10. The lowest BCUT2D eigenvalue weighted by Crippen LogP contribution is -2.42. The average molecular weight is 292 g/mol. The highest BCUT2D eigenvalue weighted by atomic mass is 35.5. The molecule has 0 aromatic rings. The van der Waals surface area contributed by atoms with Gasteiger partial charge in [-0.1, -0.05) is 13.8 Å². The van der Waals surface area contributed by atoms with Crippen LogP contribution in [0, 0.1) is 5.92 Å². The van der Waals surface area contributed by atoms with Gasteiger partial charge in [-0.25, -0.2) is 0 Å². The average Bonchev–Trinajstić information content (AvgIpc) is 2.84. The zero-order chi connectivity index (χ0) is 13.4. The number of nitrogens with one attached hydrogen (secondary N) is 3. The van der Waals surface area contributed by atoms with Gasteiger partial charge in [0.15, 0.2) is 0 Å². The second-order valence-electron chi connectivity index (χ2n) is 5.31. The van der Waals surface area contributed by atoms with Gasteiger partial charge in [-0.05, 0) is 31.7 Å². The van der Waals surface area contributed by atoms with Gasteiger partial charge >= 0.3 is 0 Å². The Labute approximate surface area is 121 Å². The standard InChI is InChI=1S/C13H25N3O2.ClH/c1-10(2)5-6-12(17)16-9-13(18)15-8-11-4-3-7-14-11;/h10-11,14H,3-9H2,1-2H3,(H,15,18)(H,16,17);1H. The molecule has 5 nitrogen and oxygen atoms in total. The lowest BCUT2D eigenvalue weighted by molar-refractivity contribution is -0.126. The van der Waals surface area contributed by atoms with Crippen molar-refractivity contribution in [3.8, 4) is 0 Å². The van der Waals surface area contributed by atoms with Crippen molar-refractivity contribution in [1.29, 1.82) is 0 Å². The Morgan fingerprint density at radius 3 is 2.58 bits per heavy atom. The van der Waals surface area contributed by atoms with E-state index in [9.17, 15) is 9.59 Å². The summed E-state index contributed by atoms with van der Waals surface area (Å²) in [7, 11) is 0. The first kappa shape index (κ1) is 18.2. The molecule has 1 unspecified atom stereocenters. The highest BCUT2D eigenvalue weighted by Gasteiger charge is 2.14. The Hall–Kier alpha value is -0.810. The van der Waals surface area contributed by atoms with Gasteiger partial charge in [-0.2, -0.15) is 0 Å². The quantitative estimate of drug-likeness (QED) is 0.651. The van der Waals surface area contributed by atoms with Gasteiger partial charge in [-0.15, -0.1) is 12.4 Å². The SMILES string of the molecule is CC(C)CCC(=O)NCC(=O)NCC1CCCN1.Cl. The monoisotopic (exact) mass is 291 g/mol. The molecule has 0 spiro atoms. The van der Waals surface area contributed by atoms with E-state index >= 15 is 0 Å². The summed E-state index contributed by atoms with van der Waals surface area (Å²) in [5.74, 6) is 0.359. The molecule has 6 heteroatoms. The van der Waals surface area contributed by atoms with Gasteiger partial charge in [0.05, 0.1) is 6.54 Å². The number of hydrogen-bond donors (Lipinski definition) is 3. The van der Waals surface area contributed by atoms with Crippen LogP contribution in [0.2, 0.25) is 0 Å². The first-order valence-corrected chi connectivity index (χ1v) is 6.84. The molecule has 1 aliphatic heterocycles. The molecule has 19 heavy (non-hydrogen) atoms. The van der Waals surface area contributed by atoms with Crippen LogP contribution in [0.5, 0.6) is 0 Å². The number of halogens is 1. The van der Waals surface area contributed by atoms with E-state index in [4.69, 9.17) is 0 Å². The lowest BCUT2D eigenvalue weighted by atomic mass is 10.1. The Morgan fingerprint density at radius 1 is 1.26 bits per heavy atom. The van der Waals surface area contributed by atoms with Crippen LogP contribution in [0.3, 0.4) is 0 Å². The van der Waals surface area contributed by atoms with Crippen LogP contribution in [-0.4, -0.2) is 37.5 Å². The van der Waals surface area contributed by atoms with Gasteiger partial charge in [0.25, 0.3) is 0 Å². The molecule has 3 N–H and O–H groups in total. The molecule has 0 bridgehead atoms. The van der Waals surface area contributed by atoms with Crippen LogP contribution in [-0.2, 0) is 9.59 Å². The molecule has 2 amide bonds. The van der Waals surface area contributed by atoms with E-state index < -0.39 is 0 Å². The molecule has 0 aliphatic carbocycles. The van der Waals surface area contributed by atoms with Gasteiger partial charge in [-0.3, -0.25) is 9.59 Å². The molecule has 1 fully saturated rings. The van der Waals surface area contributed by atoms with Crippen LogP contribution in [0.4, 0.5) is 0 Å². The Bertz CT molecular complexity index is 279. The van der Waals surface area contributed by atoms with Gasteiger partial charge in [0, 0.05) is 19.0 Å². The van der Waals surface area contributed by atoms with Crippen molar-refractivity contribution >= 4 is 24.2 Å². The predicted octanol–water partition coefficient (Wildman–Crippen LogP) is 0.829. The van der Waals surface area contributed by atoms with Gasteiger partial charge in [0.1, 0.15) is 0 Å². The highest BCUT2D eigenvalue weighted by molar-refractivity contribution is 5.85.